The predicted octanol–water partition coefficient (Wildman–Crippen LogP) is 1.01. The Balaban J connectivity index is 3.75. The van der Waals surface area contributed by atoms with E-state index in [0.717, 1.165) is 0 Å². The molecule has 0 saturated heterocycles. The summed E-state index contributed by atoms with van der Waals surface area (Å²) in [5.41, 5.74) is 0. The SMILES string of the molecule is C#[N+]C#[N+]N=C=C. The second-order valence-corrected chi connectivity index (χ2v) is 0.587. The molecule has 3 heteroatoms. The van der Waals surface area contributed by atoms with Crippen molar-refractivity contribution < 1.29 is 0 Å². The molecule has 0 saturated carbocycles. The molecule has 0 amide bonds. The summed E-state index contributed by atoms with van der Waals surface area (Å²) in [7, 11) is 0. The van der Waals surface area contributed by atoms with Gasteiger partial charge in [-0.25, -0.2) is 0 Å². The van der Waals surface area contributed by atoms with Crippen LogP contribution in [0.25, 0.3) is 9.80 Å². The van der Waals surface area contributed by atoms with E-state index in [1.54, 1.807) is 0 Å². The molecular formula is C4H3N3+2. The maximum Gasteiger partial charge on any atom is 0.803 e. The molecule has 3 nitrogen and oxygen atoms in total. The summed E-state index contributed by atoms with van der Waals surface area (Å²) in [5, 5.41) is 3.14. The second kappa shape index (κ2) is 4.43. The molecular weight excluding hydrogens is 90.1 g/mol. The van der Waals surface area contributed by atoms with E-state index in [1.165, 1.54) is 0 Å². The molecule has 32 valence electrons. The smallest absolute Gasteiger partial charge is 0.0296 e. The highest BCUT2D eigenvalue weighted by Crippen LogP contribution is 1.63. The van der Waals surface area contributed by atoms with Crippen LogP contribution in [-0.4, -0.2) is 5.87 Å². The minimum atomic E-state index is 2.01. The van der Waals surface area contributed by atoms with Gasteiger partial charge in [-0.3, -0.25) is 0 Å². The largest absolute Gasteiger partial charge is 0.803 e. The van der Waals surface area contributed by atoms with Crippen molar-refractivity contribution in [1.82, 2.24) is 0 Å². The molecule has 0 spiro atoms. The van der Waals surface area contributed by atoms with Gasteiger partial charge in [-0.1, -0.05) is 0 Å². The van der Waals surface area contributed by atoms with Gasteiger partial charge < -0.3 is 0 Å². The van der Waals surface area contributed by atoms with Crippen LogP contribution in [0.1, 0.15) is 0 Å². The summed E-state index contributed by atoms with van der Waals surface area (Å²) < 4.78 is 0. The molecule has 0 rings (SSSR count). The maximum atomic E-state index is 4.58. The fourth-order valence-electron chi connectivity index (χ4n) is 0.0835. The first-order chi connectivity index (χ1) is 3.41. The molecule has 0 heterocycles. The van der Waals surface area contributed by atoms with Gasteiger partial charge in [0.05, 0.1) is 5.87 Å². The van der Waals surface area contributed by atoms with E-state index in [4.69, 9.17) is 0 Å². The van der Waals surface area contributed by atoms with Crippen molar-refractivity contribution in [3.8, 4) is 12.8 Å². The van der Waals surface area contributed by atoms with Gasteiger partial charge in [0.1, 0.15) is 4.85 Å². The van der Waals surface area contributed by atoms with Crippen LogP contribution < -0.4 is 0 Å². The Morgan fingerprint density at radius 1 is 1.71 bits per heavy atom. The van der Waals surface area contributed by atoms with E-state index in [-0.39, 0.29) is 0 Å². The minimum absolute atomic E-state index is 2.01. The number of rotatable bonds is 0. The van der Waals surface area contributed by atoms with Gasteiger partial charge in [0, 0.05) is 0 Å². The normalized spacial score (nSPS) is 3.86. The molecule has 0 N–H and O–H groups in total. The second-order valence-electron chi connectivity index (χ2n) is 0.587. The van der Waals surface area contributed by atoms with E-state index in [0.29, 0.717) is 0 Å². The Bertz CT molecular complexity index is 181. The monoisotopic (exact) mass is 93.0 g/mol. The van der Waals surface area contributed by atoms with Crippen molar-refractivity contribution in [3.05, 3.63) is 16.4 Å². The van der Waals surface area contributed by atoms with Crippen LogP contribution in [-0.2, 0) is 0 Å². The van der Waals surface area contributed by atoms with Crippen molar-refractivity contribution in [2.24, 2.45) is 5.10 Å². The summed E-state index contributed by atoms with van der Waals surface area (Å²) in [6.45, 7) is 7.71. The van der Waals surface area contributed by atoms with Crippen molar-refractivity contribution in [1.29, 1.82) is 0 Å². The average Bonchev–Trinajstić information content (AvgIpc) is 1.69. The van der Waals surface area contributed by atoms with E-state index in [2.05, 4.69) is 33.9 Å². The molecule has 0 aliphatic heterocycles. The minimum Gasteiger partial charge on any atom is -0.0296 e. The zero-order valence-corrected chi connectivity index (χ0v) is 3.63. The van der Waals surface area contributed by atoms with Gasteiger partial charge in [0.15, 0.2) is 5.10 Å². The van der Waals surface area contributed by atoms with E-state index >= 15 is 0 Å². The summed E-state index contributed by atoms with van der Waals surface area (Å²) in [6.07, 6.45) is 2.01. The highest BCUT2D eigenvalue weighted by Gasteiger charge is 1.85. The molecule has 0 atom stereocenters. The Kier molecular flexibility index (Phi) is 3.44. The molecule has 0 fully saturated rings. The lowest BCUT2D eigenvalue weighted by molar-refractivity contribution is 1.62. The number of nitrogens with zero attached hydrogens (tertiary/aromatic N) is 3. The zero-order valence-electron chi connectivity index (χ0n) is 3.63. The third-order valence-corrected chi connectivity index (χ3v) is 0.223. The molecule has 0 aromatic rings. The average molecular weight is 93.1 g/mol. The van der Waals surface area contributed by atoms with Gasteiger partial charge in [-0.2, -0.15) is 0 Å². The van der Waals surface area contributed by atoms with Crippen LogP contribution in [0.4, 0.5) is 0 Å². The standard InChI is InChI=1S/C4H3N3/c1-3-6-7-4-5-2/h2H,1H2/q+2. The summed E-state index contributed by atoms with van der Waals surface area (Å²) in [5.74, 6) is 2.13. The summed E-state index contributed by atoms with van der Waals surface area (Å²) in [6, 6.07) is 0. The molecule has 0 radical (unpaired) electrons. The maximum absolute atomic E-state index is 4.58. The van der Waals surface area contributed by atoms with Crippen LogP contribution in [0, 0.1) is 12.8 Å². The van der Waals surface area contributed by atoms with Crippen molar-refractivity contribution in [3.63, 3.8) is 0 Å². The fraction of sp³-hybridized carbons (Fsp3) is 0. The number of hydrogen-bond donors (Lipinski definition) is 0. The molecule has 0 aliphatic rings. The fourth-order valence-corrected chi connectivity index (χ4v) is 0.0835. The van der Waals surface area contributed by atoms with Gasteiger partial charge in [0.25, 0.3) is 6.57 Å². The molecule has 0 aromatic carbocycles. The Labute approximate surface area is 41.2 Å². The lowest BCUT2D eigenvalue weighted by Gasteiger charge is -1.23. The molecule has 0 aliphatic carbocycles. The lowest BCUT2D eigenvalue weighted by Crippen LogP contribution is -1.36. The highest BCUT2D eigenvalue weighted by molar-refractivity contribution is 5.47. The first-order valence-corrected chi connectivity index (χ1v) is 1.48. The van der Waals surface area contributed by atoms with E-state index < -0.39 is 0 Å². The van der Waals surface area contributed by atoms with E-state index in [9.17, 15) is 0 Å². The van der Waals surface area contributed by atoms with Gasteiger partial charge >= 0.3 is 6.19 Å². The topological polar surface area (TPSA) is 21.1 Å². The van der Waals surface area contributed by atoms with Crippen LogP contribution in [0.15, 0.2) is 11.7 Å². The number of hydrogen-bond acceptors (Lipinski definition) is 1. The summed E-state index contributed by atoms with van der Waals surface area (Å²) >= 11 is 0. The van der Waals surface area contributed by atoms with Gasteiger partial charge in [-0.15, -0.1) is 0 Å². The van der Waals surface area contributed by atoms with E-state index in [1.807, 2.05) is 6.19 Å². The third kappa shape index (κ3) is 4.43. The van der Waals surface area contributed by atoms with Gasteiger partial charge in [0.2, 0.25) is 4.95 Å². The lowest BCUT2D eigenvalue weighted by atomic mass is 11.2. The first kappa shape index (κ1) is 5.43. The highest BCUT2D eigenvalue weighted by atomic mass is 15.2. The van der Waals surface area contributed by atoms with Crippen molar-refractivity contribution >= 4 is 5.87 Å². The molecule has 0 bridgehead atoms. The van der Waals surface area contributed by atoms with Crippen LogP contribution in [0.5, 0.6) is 0 Å². The Morgan fingerprint density at radius 3 is 2.86 bits per heavy atom. The van der Waals surface area contributed by atoms with Crippen LogP contribution in [0.2, 0.25) is 0 Å². The van der Waals surface area contributed by atoms with Crippen molar-refractivity contribution in [2.75, 3.05) is 0 Å². The predicted molar refractivity (Wildman–Crippen MR) is 28.6 cm³/mol. The summed E-state index contributed by atoms with van der Waals surface area (Å²) in [4.78, 5) is 6.01. The molecule has 0 aromatic heterocycles. The van der Waals surface area contributed by atoms with Crippen LogP contribution in [0.3, 0.4) is 0 Å². The Hall–Kier alpha value is -1.57. The van der Waals surface area contributed by atoms with Gasteiger partial charge in [-0.05, 0) is 6.58 Å². The Morgan fingerprint density at radius 2 is 2.43 bits per heavy atom. The van der Waals surface area contributed by atoms with Crippen LogP contribution >= 0.6 is 0 Å². The molecule has 0 unspecified atom stereocenters. The first-order valence-electron chi connectivity index (χ1n) is 1.48. The zero-order chi connectivity index (χ0) is 5.54. The quantitative estimate of drug-likeness (QED) is 0.242. The van der Waals surface area contributed by atoms with Crippen molar-refractivity contribution in [2.45, 2.75) is 0 Å². The molecule has 7 heavy (non-hydrogen) atoms. The third-order valence-electron chi connectivity index (χ3n) is 0.223.